The van der Waals surface area contributed by atoms with Crippen molar-refractivity contribution >= 4 is 23.2 Å². The molecule has 5 nitrogen and oxygen atoms in total. The van der Waals surface area contributed by atoms with Crippen LogP contribution in [0.15, 0.2) is 24.8 Å². The zero-order valence-corrected chi connectivity index (χ0v) is 15.4. The summed E-state index contributed by atoms with van der Waals surface area (Å²) in [4.78, 5) is 0. The molecular weight excluding hydrogens is 359 g/mol. The van der Waals surface area contributed by atoms with Crippen LogP contribution in [0.1, 0.15) is 35.5 Å². The number of nitrogens with zero attached hydrogens (tertiary/aromatic N) is 3. The summed E-state index contributed by atoms with van der Waals surface area (Å²) in [5, 5.41) is 13.3. The molecule has 2 unspecified atom stereocenters. The number of hydrogen-bond acceptors (Lipinski definition) is 4. The van der Waals surface area contributed by atoms with Gasteiger partial charge in [-0.05, 0) is 25.1 Å². The lowest BCUT2D eigenvalue weighted by atomic mass is 9.96. The predicted molar refractivity (Wildman–Crippen MR) is 98.8 cm³/mol. The van der Waals surface area contributed by atoms with E-state index < -0.39 is 0 Å². The van der Waals surface area contributed by atoms with Crippen LogP contribution in [-0.2, 0) is 13.0 Å². The van der Waals surface area contributed by atoms with Gasteiger partial charge in [-0.1, -0.05) is 35.9 Å². The van der Waals surface area contributed by atoms with Crippen LogP contribution in [-0.4, -0.2) is 34.5 Å². The van der Waals surface area contributed by atoms with Gasteiger partial charge in [-0.3, -0.25) is 0 Å². The van der Waals surface area contributed by atoms with E-state index in [1.165, 1.54) is 0 Å². The van der Waals surface area contributed by atoms with Crippen molar-refractivity contribution < 1.29 is 4.74 Å². The highest BCUT2D eigenvalue weighted by Crippen LogP contribution is 2.43. The molecule has 2 aliphatic heterocycles. The maximum Gasteiger partial charge on any atom is 0.137 e. The van der Waals surface area contributed by atoms with E-state index in [0.29, 0.717) is 22.6 Å². The van der Waals surface area contributed by atoms with E-state index in [4.69, 9.17) is 27.9 Å². The number of nitrogens with one attached hydrogen (secondary N) is 1. The molecule has 0 saturated carbocycles. The summed E-state index contributed by atoms with van der Waals surface area (Å²) >= 11 is 12.8. The molecule has 1 saturated heterocycles. The van der Waals surface area contributed by atoms with E-state index >= 15 is 0 Å². The Morgan fingerprint density at radius 1 is 1.32 bits per heavy atom. The SMILES string of the molecule is C=CCOc1ccc(Cl)c(Cl)c1C1Cc2nnc(C3CCNC3)n2C1. The number of benzene rings is 1. The molecule has 0 radical (unpaired) electrons. The molecule has 1 N–H and O–H groups in total. The molecule has 2 aliphatic rings. The molecule has 3 heterocycles. The zero-order chi connectivity index (χ0) is 17.4. The third-order valence-corrected chi connectivity index (χ3v) is 5.79. The lowest BCUT2D eigenvalue weighted by Gasteiger charge is -2.18. The lowest BCUT2D eigenvalue weighted by Crippen LogP contribution is -2.13. The number of halogens is 2. The first-order chi connectivity index (χ1) is 12.2. The maximum absolute atomic E-state index is 6.54. The van der Waals surface area contributed by atoms with Gasteiger partial charge in [-0.25, -0.2) is 0 Å². The monoisotopic (exact) mass is 378 g/mol. The number of fused-ring (bicyclic) bond motifs is 1. The van der Waals surface area contributed by atoms with Gasteiger partial charge in [0.25, 0.3) is 0 Å². The smallest absolute Gasteiger partial charge is 0.137 e. The second kappa shape index (κ2) is 6.98. The summed E-state index contributed by atoms with van der Waals surface area (Å²) in [5.74, 6) is 3.48. The Labute approximate surface area is 157 Å². The Hall–Kier alpha value is -1.56. The summed E-state index contributed by atoms with van der Waals surface area (Å²) in [6, 6.07) is 3.66. The fourth-order valence-electron chi connectivity index (χ4n) is 3.78. The highest BCUT2D eigenvalue weighted by atomic mass is 35.5. The zero-order valence-electron chi connectivity index (χ0n) is 13.8. The van der Waals surface area contributed by atoms with Gasteiger partial charge in [0.1, 0.15) is 24.0 Å². The first kappa shape index (κ1) is 16.9. The lowest BCUT2D eigenvalue weighted by molar-refractivity contribution is 0.355. The second-order valence-electron chi connectivity index (χ2n) is 6.55. The molecule has 1 aromatic heterocycles. The summed E-state index contributed by atoms with van der Waals surface area (Å²) < 4.78 is 8.07. The highest BCUT2D eigenvalue weighted by Gasteiger charge is 2.34. The van der Waals surface area contributed by atoms with Gasteiger partial charge >= 0.3 is 0 Å². The van der Waals surface area contributed by atoms with Crippen molar-refractivity contribution in [1.29, 1.82) is 0 Å². The van der Waals surface area contributed by atoms with Crippen molar-refractivity contribution in [2.75, 3.05) is 19.7 Å². The van der Waals surface area contributed by atoms with E-state index in [0.717, 1.165) is 55.4 Å². The predicted octanol–water partition coefficient (Wildman–Crippen LogP) is 3.57. The Kier molecular flexibility index (Phi) is 4.71. The van der Waals surface area contributed by atoms with Crippen molar-refractivity contribution in [1.82, 2.24) is 20.1 Å². The van der Waals surface area contributed by atoms with Crippen LogP contribution < -0.4 is 10.1 Å². The Balaban J connectivity index is 1.65. The molecule has 132 valence electrons. The molecule has 0 amide bonds. The molecule has 7 heteroatoms. The van der Waals surface area contributed by atoms with Gasteiger partial charge in [-0.15, -0.1) is 10.2 Å². The van der Waals surface area contributed by atoms with Crippen molar-refractivity contribution in [3.8, 4) is 5.75 Å². The normalized spacial score (nSPS) is 22.2. The van der Waals surface area contributed by atoms with Crippen molar-refractivity contribution in [2.24, 2.45) is 0 Å². The van der Waals surface area contributed by atoms with Crippen LogP contribution in [0.3, 0.4) is 0 Å². The Bertz CT molecular complexity index is 799. The van der Waals surface area contributed by atoms with Gasteiger partial charge in [0.2, 0.25) is 0 Å². The van der Waals surface area contributed by atoms with E-state index in [-0.39, 0.29) is 5.92 Å². The fourth-order valence-corrected chi connectivity index (χ4v) is 4.25. The molecule has 0 spiro atoms. The van der Waals surface area contributed by atoms with Gasteiger partial charge < -0.3 is 14.6 Å². The standard InChI is InChI=1S/C18H20Cl2N4O/c1-2-7-25-14-4-3-13(19)17(20)16(14)12-8-15-22-23-18(24(15)10-12)11-5-6-21-9-11/h2-4,11-12,21H,1,5-10H2. The number of rotatable bonds is 5. The molecule has 0 bridgehead atoms. The van der Waals surface area contributed by atoms with Crippen molar-refractivity contribution in [3.63, 3.8) is 0 Å². The van der Waals surface area contributed by atoms with Crippen LogP contribution in [0.4, 0.5) is 0 Å². The molecule has 2 atom stereocenters. The average Bonchev–Trinajstić information content (AvgIpc) is 3.32. The molecule has 1 aromatic carbocycles. The van der Waals surface area contributed by atoms with E-state index in [2.05, 4.69) is 26.7 Å². The highest BCUT2D eigenvalue weighted by molar-refractivity contribution is 6.42. The quantitative estimate of drug-likeness (QED) is 0.808. The maximum atomic E-state index is 6.54. The molecule has 4 rings (SSSR count). The first-order valence-electron chi connectivity index (χ1n) is 8.53. The van der Waals surface area contributed by atoms with E-state index in [1.54, 1.807) is 12.1 Å². The largest absolute Gasteiger partial charge is 0.489 e. The number of aromatic nitrogens is 3. The first-order valence-corrected chi connectivity index (χ1v) is 9.29. The number of hydrogen-bond donors (Lipinski definition) is 1. The van der Waals surface area contributed by atoms with Crippen molar-refractivity contribution in [2.45, 2.75) is 31.2 Å². The summed E-state index contributed by atoms with van der Waals surface area (Å²) in [7, 11) is 0. The van der Waals surface area contributed by atoms with Crippen LogP contribution in [0.5, 0.6) is 5.75 Å². The molecule has 0 aliphatic carbocycles. The van der Waals surface area contributed by atoms with Crippen LogP contribution in [0.2, 0.25) is 10.0 Å². The molecule has 2 aromatic rings. The van der Waals surface area contributed by atoms with Gasteiger partial charge in [0.15, 0.2) is 0 Å². The minimum Gasteiger partial charge on any atom is -0.489 e. The Morgan fingerprint density at radius 2 is 2.20 bits per heavy atom. The summed E-state index contributed by atoms with van der Waals surface area (Å²) in [6.07, 6.45) is 3.62. The molecular formula is C18H20Cl2N4O. The van der Waals surface area contributed by atoms with Crippen LogP contribution in [0.25, 0.3) is 0 Å². The summed E-state index contributed by atoms with van der Waals surface area (Å²) in [5.41, 5.74) is 0.956. The molecule has 1 fully saturated rings. The number of ether oxygens (including phenoxy) is 1. The minimum absolute atomic E-state index is 0.185. The summed E-state index contributed by atoms with van der Waals surface area (Å²) in [6.45, 7) is 6.95. The van der Waals surface area contributed by atoms with Crippen LogP contribution >= 0.6 is 23.2 Å². The Morgan fingerprint density at radius 3 is 2.96 bits per heavy atom. The van der Waals surface area contributed by atoms with E-state index in [9.17, 15) is 0 Å². The minimum atomic E-state index is 0.185. The van der Waals surface area contributed by atoms with Gasteiger partial charge in [-0.2, -0.15) is 0 Å². The molecule has 25 heavy (non-hydrogen) atoms. The topological polar surface area (TPSA) is 52.0 Å². The second-order valence-corrected chi connectivity index (χ2v) is 7.33. The fraction of sp³-hybridized carbons (Fsp3) is 0.444. The van der Waals surface area contributed by atoms with Gasteiger partial charge in [0.05, 0.1) is 10.0 Å². The third-order valence-electron chi connectivity index (χ3n) is 4.97. The van der Waals surface area contributed by atoms with Crippen molar-refractivity contribution in [3.05, 3.63) is 52.0 Å². The average molecular weight is 379 g/mol. The van der Waals surface area contributed by atoms with Gasteiger partial charge in [0, 0.05) is 36.9 Å². The van der Waals surface area contributed by atoms with E-state index in [1.807, 2.05) is 6.07 Å². The van der Waals surface area contributed by atoms with Crippen LogP contribution in [0, 0.1) is 0 Å². The third kappa shape index (κ3) is 3.05.